The molecule has 5 heteroatoms. The number of aromatic nitrogens is 4. The molecule has 3 rings (SSSR count). The molecule has 0 radical (unpaired) electrons. The van der Waals surface area contributed by atoms with Crippen molar-refractivity contribution in [1.29, 1.82) is 0 Å². The van der Waals surface area contributed by atoms with Gasteiger partial charge in [-0.3, -0.25) is 0 Å². The van der Waals surface area contributed by atoms with Crippen LogP contribution in [0.25, 0.3) is 16.7 Å². The summed E-state index contributed by atoms with van der Waals surface area (Å²) in [4.78, 5) is 8.92. The lowest BCUT2D eigenvalue weighted by molar-refractivity contribution is 0.885. The molecular formula is C13H12N4S. The fourth-order valence-electron chi connectivity index (χ4n) is 1.90. The van der Waals surface area contributed by atoms with Crippen molar-refractivity contribution >= 4 is 22.8 Å². The van der Waals surface area contributed by atoms with Crippen LogP contribution < -0.4 is 0 Å². The Morgan fingerprint density at radius 1 is 1.11 bits per heavy atom. The highest BCUT2D eigenvalue weighted by atomic mass is 32.2. The van der Waals surface area contributed by atoms with Crippen LogP contribution in [-0.4, -0.2) is 26.0 Å². The molecule has 90 valence electrons. The van der Waals surface area contributed by atoms with Crippen LogP contribution in [0.2, 0.25) is 0 Å². The van der Waals surface area contributed by atoms with Crippen LogP contribution in [-0.2, 0) is 0 Å². The highest BCUT2D eigenvalue weighted by Crippen LogP contribution is 2.24. The molecule has 18 heavy (non-hydrogen) atoms. The molecule has 0 N–H and O–H groups in total. The Labute approximate surface area is 109 Å². The topological polar surface area (TPSA) is 43.6 Å². The van der Waals surface area contributed by atoms with Crippen LogP contribution >= 0.6 is 11.8 Å². The molecule has 0 saturated carbocycles. The van der Waals surface area contributed by atoms with Crippen molar-refractivity contribution in [3.63, 3.8) is 0 Å². The minimum absolute atomic E-state index is 0.768. The van der Waals surface area contributed by atoms with Gasteiger partial charge in [0.2, 0.25) is 0 Å². The van der Waals surface area contributed by atoms with Gasteiger partial charge in [0.05, 0.1) is 17.3 Å². The Morgan fingerprint density at radius 3 is 2.61 bits per heavy atom. The number of hydrogen-bond donors (Lipinski definition) is 0. The van der Waals surface area contributed by atoms with Crippen LogP contribution in [0.4, 0.5) is 0 Å². The molecule has 2 aromatic heterocycles. The molecule has 0 unspecified atom stereocenters. The minimum atomic E-state index is 0.768. The number of fused-ring (bicyclic) bond motifs is 1. The smallest absolute Gasteiger partial charge is 0.167 e. The fraction of sp³-hybridized carbons (Fsp3) is 0.154. The highest BCUT2D eigenvalue weighted by molar-refractivity contribution is 7.98. The van der Waals surface area contributed by atoms with Crippen molar-refractivity contribution in [2.45, 2.75) is 11.9 Å². The lowest BCUT2D eigenvalue weighted by atomic mass is 10.3. The maximum absolute atomic E-state index is 4.50. The van der Waals surface area contributed by atoms with Gasteiger partial charge >= 0.3 is 0 Å². The van der Waals surface area contributed by atoms with E-state index in [1.807, 2.05) is 54.4 Å². The van der Waals surface area contributed by atoms with Gasteiger partial charge in [-0.25, -0.2) is 14.6 Å². The molecule has 3 aromatic rings. The summed E-state index contributed by atoms with van der Waals surface area (Å²) in [6.07, 6.45) is 3.84. The maximum atomic E-state index is 4.50. The predicted octanol–water partition coefficient (Wildman–Crippen LogP) is 2.85. The number of thioether (sulfide) groups is 1. The van der Waals surface area contributed by atoms with Crippen molar-refractivity contribution in [2.75, 3.05) is 6.26 Å². The van der Waals surface area contributed by atoms with Crippen LogP contribution in [0, 0.1) is 6.92 Å². The van der Waals surface area contributed by atoms with E-state index in [9.17, 15) is 0 Å². The lowest BCUT2D eigenvalue weighted by Gasteiger charge is -2.04. The second-order valence-corrected chi connectivity index (χ2v) is 4.70. The number of hydrogen-bond acceptors (Lipinski definition) is 4. The largest absolute Gasteiger partial charge is 0.226 e. The molecule has 0 amide bonds. The van der Waals surface area contributed by atoms with Gasteiger partial charge in [0.25, 0.3) is 0 Å². The van der Waals surface area contributed by atoms with Crippen molar-refractivity contribution in [3.05, 3.63) is 42.4 Å². The third-order valence-electron chi connectivity index (χ3n) is 2.70. The molecule has 0 fully saturated rings. The Morgan fingerprint density at radius 2 is 1.89 bits per heavy atom. The Kier molecular flexibility index (Phi) is 2.76. The van der Waals surface area contributed by atoms with Crippen LogP contribution in [0.15, 0.2) is 41.6 Å². The number of rotatable bonds is 2. The summed E-state index contributed by atoms with van der Waals surface area (Å²) in [5, 5.41) is 6.39. The summed E-state index contributed by atoms with van der Waals surface area (Å²) in [5.74, 6) is 0.768. The zero-order chi connectivity index (χ0) is 12.5. The van der Waals surface area contributed by atoms with Crippen LogP contribution in [0.1, 0.15) is 5.82 Å². The number of aryl methyl sites for hydroxylation is 1. The summed E-state index contributed by atoms with van der Waals surface area (Å²) < 4.78 is 1.85. The molecule has 0 aliphatic rings. The van der Waals surface area contributed by atoms with Crippen molar-refractivity contribution in [1.82, 2.24) is 19.7 Å². The van der Waals surface area contributed by atoms with E-state index in [0.717, 1.165) is 27.6 Å². The minimum Gasteiger partial charge on any atom is -0.226 e. The summed E-state index contributed by atoms with van der Waals surface area (Å²) in [5.41, 5.74) is 1.87. The first-order valence-electron chi connectivity index (χ1n) is 5.61. The Bertz CT molecular complexity index is 691. The molecule has 0 aliphatic heterocycles. The predicted molar refractivity (Wildman–Crippen MR) is 73.2 cm³/mol. The Balaban J connectivity index is 2.30. The van der Waals surface area contributed by atoms with Gasteiger partial charge in [-0.05, 0) is 25.3 Å². The van der Waals surface area contributed by atoms with Gasteiger partial charge < -0.3 is 0 Å². The highest BCUT2D eigenvalue weighted by Gasteiger charge is 2.11. The van der Waals surface area contributed by atoms with Gasteiger partial charge in [-0.2, -0.15) is 5.10 Å². The van der Waals surface area contributed by atoms with E-state index in [4.69, 9.17) is 0 Å². The van der Waals surface area contributed by atoms with Crippen molar-refractivity contribution in [3.8, 4) is 5.69 Å². The van der Waals surface area contributed by atoms with Gasteiger partial charge in [-0.15, -0.1) is 11.8 Å². The molecule has 1 aromatic carbocycles. The average molecular weight is 256 g/mol. The SMILES string of the molecule is CSc1nc(C)nc2c1cnn2-c1ccccc1. The fourth-order valence-corrected chi connectivity index (χ4v) is 2.49. The molecule has 0 atom stereocenters. The first-order valence-corrected chi connectivity index (χ1v) is 6.84. The lowest BCUT2D eigenvalue weighted by Crippen LogP contribution is -1.99. The average Bonchev–Trinajstić information content (AvgIpc) is 2.82. The van der Waals surface area contributed by atoms with Gasteiger partial charge in [0.15, 0.2) is 5.65 Å². The molecule has 0 aliphatic carbocycles. The van der Waals surface area contributed by atoms with Gasteiger partial charge in [-0.1, -0.05) is 18.2 Å². The number of para-hydroxylation sites is 1. The van der Waals surface area contributed by atoms with E-state index in [1.54, 1.807) is 11.8 Å². The zero-order valence-corrected chi connectivity index (χ0v) is 11.0. The second kappa shape index (κ2) is 4.42. The second-order valence-electron chi connectivity index (χ2n) is 3.91. The van der Waals surface area contributed by atoms with E-state index >= 15 is 0 Å². The summed E-state index contributed by atoms with van der Waals surface area (Å²) >= 11 is 1.62. The Hall–Kier alpha value is -1.88. The van der Waals surface area contributed by atoms with Crippen molar-refractivity contribution < 1.29 is 0 Å². The molecule has 0 saturated heterocycles. The third kappa shape index (κ3) is 1.76. The summed E-state index contributed by atoms with van der Waals surface area (Å²) in [6, 6.07) is 10.0. The molecule has 2 heterocycles. The standard InChI is InChI=1S/C13H12N4S/c1-9-15-12-11(13(16-9)18-2)8-14-17(12)10-6-4-3-5-7-10/h3-8H,1-2H3. The number of nitrogens with zero attached hydrogens (tertiary/aromatic N) is 4. The maximum Gasteiger partial charge on any atom is 0.167 e. The van der Waals surface area contributed by atoms with E-state index in [0.29, 0.717) is 0 Å². The van der Waals surface area contributed by atoms with E-state index in [2.05, 4.69) is 15.1 Å². The molecule has 0 bridgehead atoms. The monoisotopic (exact) mass is 256 g/mol. The molecule has 4 nitrogen and oxygen atoms in total. The number of benzene rings is 1. The van der Waals surface area contributed by atoms with Crippen molar-refractivity contribution in [2.24, 2.45) is 0 Å². The first-order chi connectivity index (χ1) is 8.79. The first kappa shape index (κ1) is 11.2. The van der Waals surface area contributed by atoms with E-state index < -0.39 is 0 Å². The summed E-state index contributed by atoms with van der Waals surface area (Å²) in [6.45, 7) is 1.90. The van der Waals surface area contributed by atoms with E-state index in [-0.39, 0.29) is 0 Å². The molecule has 0 spiro atoms. The third-order valence-corrected chi connectivity index (χ3v) is 3.40. The summed E-state index contributed by atoms with van der Waals surface area (Å²) in [7, 11) is 0. The molecular weight excluding hydrogens is 244 g/mol. The van der Waals surface area contributed by atoms with Gasteiger partial charge in [0.1, 0.15) is 10.9 Å². The normalized spacial score (nSPS) is 11.0. The van der Waals surface area contributed by atoms with E-state index in [1.165, 1.54) is 0 Å². The quantitative estimate of drug-likeness (QED) is 0.522. The zero-order valence-electron chi connectivity index (χ0n) is 10.2. The van der Waals surface area contributed by atoms with Crippen LogP contribution in [0.5, 0.6) is 0 Å². The van der Waals surface area contributed by atoms with Gasteiger partial charge in [0, 0.05) is 0 Å². The van der Waals surface area contributed by atoms with Crippen LogP contribution in [0.3, 0.4) is 0 Å².